The number of aromatic nitrogens is 1. The average molecular weight is 454 g/mol. The number of carbonyl (C=O) groups excluding carboxylic acids is 2. The number of pyridine rings is 1. The quantitative estimate of drug-likeness (QED) is 0.241. The van der Waals surface area contributed by atoms with Gasteiger partial charge in [0.1, 0.15) is 11.5 Å². The number of carbonyl (C=O) groups is 2. The molecule has 2 N–H and O–H groups in total. The van der Waals surface area contributed by atoms with Crippen LogP contribution in [0.3, 0.4) is 0 Å². The van der Waals surface area contributed by atoms with Crippen molar-refractivity contribution in [3.8, 4) is 23.0 Å². The van der Waals surface area contributed by atoms with Crippen molar-refractivity contribution in [3.63, 3.8) is 0 Å². The lowest BCUT2D eigenvalue weighted by Gasteiger charge is -2.04. The van der Waals surface area contributed by atoms with Gasteiger partial charge in [0.15, 0.2) is 29.7 Å². The van der Waals surface area contributed by atoms with E-state index in [1.165, 1.54) is 18.2 Å². The Morgan fingerprint density at radius 2 is 1.81 bits per heavy atom. The Balaban J connectivity index is 0.00000289. The first kappa shape index (κ1) is 22.8. The Hall–Kier alpha value is -3.84. The van der Waals surface area contributed by atoms with E-state index in [2.05, 4.69) is 0 Å². The maximum Gasteiger partial charge on any atom is 0.231 e. The van der Waals surface area contributed by atoms with Crippen LogP contribution in [-0.2, 0) is 6.54 Å². The van der Waals surface area contributed by atoms with Gasteiger partial charge >= 0.3 is 0 Å². The van der Waals surface area contributed by atoms with E-state index in [0.29, 0.717) is 29.2 Å². The van der Waals surface area contributed by atoms with E-state index in [9.17, 15) is 19.8 Å². The number of allylic oxidation sites excluding steroid dienone is 1. The lowest BCUT2D eigenvalue weighted by atomic mass is 10.1. The highest BCUT2D eigenvalue weighted by Crippen LogP contribution is 2.34. The molecule has 1 aliphatic heterocycles. The summed E-state index contributed by atoms with van der Waals surface area (Å²) in [5.41, 5.74) is 1.53. The van der Waals surface area contributed by atoms with Crippen LogP contribution in [0.4, 0.5) is 0 Å². The maximum atomic E-state index is 12.6. The van der Waals surface area contributed by atoms with E-state index >= 15 is 0 Å². The molecule has 2 aromatic carbocycles. The molecule has 4 rings (SSSR count). The van der Waals surface area contributed by atoms with Gasteiger partial charge in [-0.05, 0) is 48.9 Å². The molecule has 7 nitrogen and oxygen atoms in total. The van der Waals surface area contributed by atoms with Crippen molar-refractivity contribution in [1.29, 1.82) is 0 Å². The minimum Gasteiger partial charge on any atom is -1.00 e. The predicted molar refractivity (Wildman–Crippen MR) is 111 cm³/mol. The number of halogens is 1. The monoisotopic (exact) mass is 453 g/mol. The van der Waals surface area contributed by atoms with Crippen LogP contribution >= 0.6 is 0 Å². The third kappa shape index (κ3) is 4.73. The zero-order chi connectivity index (χ0) is 22.0. The molecule has 1 aromatic heterocycles. The van der Waals surface area contributed by atoms with Crippen LogP contribution in [0.1, 0.15) is 33.2 Å². The number of fused-ring (bicyclic) bond motifs is 1. The van der Waals surface area contributed by atoms with Gasteiger partial charge in [-0.15, -0.1) is 0 Å². The van der Waals surface area contributed by atoms with E-state index in [1.54, 1.807) is 53.4 Å². The third-order valence-corrected chi connectivity index (χ3v) is 4.79. The highest BCUT2D eigenvalue weighted by Gasteiger charge is 2.27. The number of phenolic OH excluding ortho intramolecular Hbond substituents is 2. The molecule has 2 heterocycles. The summed E-state index contributed by atoms with van der Waals surface area (Å²) in [6, 6.07) is 12.6. The van der Waals surface area contributed by atoms with Crippen molar-refractivity contribution in [2.24, 2.45) is 0 Å². The number of hydrogen-bond donors (Lipinski definition) is 2. The second kappa shape index (κ2) is 9.53. The molecule has 164 valence electrons. The van der Waals surface area contributed by atoms with Gasteiger partial charge in [-0.25, -0.2) is 0 Å². The van der Waals surface area contributed by atoms with Gasteiger partial charge in [-0.3, -0.25) is 9.59 Å². The van der Waals surface area contributed by atoms with E-state index in [-0.39, 0.29) is 47.8 Å². The first-order chi connectivity index (χ1) is 14.9. The zero-order valence-electron chi connectivity index (χ0n) is 17.1. The Bertz CT molecular complexity index is 1200. The Morgan fingerprint density at radius 1 is 1.06 bits per heavy atom. The smallest absolute Gasteiger partial charge is 0.231 e. The van der Waals surface area contributed by atoms with Gasteiger partial charge in [-0.1, -0.05) is 0 Å². The normalized spacial score (nSPS) is 13.3. The summed E-state index contributed by atoms with van der Waals surface area (Å²) in [6.07, 6.45) is 5.07. The number of phenols is 2. The molecule has 0 saturated heterocycles. The van der Waals surface area contributed by atoms with Crippen LogP contribution in [0.25, 0.3) is 6.08 Å². The first-order valence-electron chi connectivity index (χ1n) is 9.70. The van der Waals surface area contributed by atoms with Crippen LogP contribution in [0, 0.1) is 0 Å². The summed E-state index contributed by atoms with van der Waals surface area (Å²) in [5, 5.41) is 18.9. The van der Waals surface area contributed by atoms with Crippen molar-refractivity contribution < 1.29 is 46.2 Å². The molecule has 0 bridgehead atoms. The van der Waals surface area contributed by atoms with Gasteiger partial charge < -0.3 is 32.1 Å². The van der Waals surface area contributed by atoms with E-state index in [4.69, 9.17) is 9.47 Å². The Morgan fingerprint density at radius 3 is 2.50 bits per heavy atom. The number of Topliss-reactive ketones (excluding diaryl/α,β-unsaturated/α-hetero) is 2. The lowest BCUT2D eigenvalue weighted by Crippen LogP contribution is -3.00. The second-order valence-corrected chi connectivity index (χ2v) is 6.96. The Labute approximate surface area is 190 Å². The van der Waals surface area contributed by atoms with Crippen molar-refractivity contribution in [1.82, 2.24) is 0 Å². The second-order valence-electron chi connectivity index (χ2n) is 6.96. The average Bonchev–Trinajstić information content (AvgIpc) is 3.06. The van der Waals surface area contributed by atoms with Crippen molar-refractivity contribution in [2.75, 3.05) is 6.61 Å². The fraction of sp³-hybridized carbons (Fsp3) is 0.125. The highest BCUT2D eigenvalue weighted by atomic mass is 35.5. The Kier molecular flexibility index (Phi) is 6.80. The molecule has 3 aromatic rings. The number of ether oxygens (including phenoxy) is 2. The topological polar surface area (TPSA) is 96.9 Å². The molecule has 8 heteroatoms. The maximum absolute atomic E-state index is 12.6. The highest BCUT2D eigenvalue weighted by molar-refractivity contribution is 6.14. The number of nitrogens with zero attached hydrogens (tertiary/aromatic N) is 1. The van der Waals surface area contributed by atoms with Crippen molar-refractivity contribution in [3.05, 3.63) is 83.4 Å². The van der Waals surface area contributed by atoms with Gasteiger partial charge in [0.2, 0.25) is 18.1 Å². The van der Waals surface area contributed by atoms with Gasteiger partial charge in [0.05, 0.1) is 12.2 Å². The summed E-state index contributed by atoms with van der Waals surface area (Å²) < 4.78 is 12.8. The molecule has 0 spiro atoms. The van der Waals surface area contributed by atoms with Crippen molar-refractivity contribution in [2.45, 2.75) is 13.5 Å². The molecule has 0 saturated carbocycles. The minimum atomic E-state index is -0.339. The molecule has 0 amide bonds. The third-order valence-electron chi connectivity index (χ3n) is 4.79. The summed E-state index contributed by atoms with van der Waals surface area (Å²) in [5.74, 6) is 0.295. The van der Waals surface area contributed by atoms with Crippen LogP contribution in [0.2, 0.25) is 0 Å². The number of benzene rings is 2. The number of rotatable bonds is 6. The molecule has 1 aliphatic rings. The molecule has 32 heavy (non-hydrogen) atoms. The van der Waals surface area contributed by atoms with Gasteiger partial charge in [0, 0.05) is 23.8 Å². The van der Waals surface area contributed by atoms with E-state index in [1.807, 2.05) is 6.92 Å². The summed E-state index contributed by atoms with van der Waals surface area (Å²) in [6.45, 7) is 2.46. The summed E-state index contributed by atoms with van der Waals surface area (Å²) in [7, 11) is 0. The molecular formula is C24H20ClNO6. The van der Waals surface area contributed by atoms with Crippen LogP contribution < -0.4 is 26.4 Å². The molecule has 0 fully saturated rings. The summed E-state index contributed by atoms with van der Waals surface area (Å²) in [4.78, 5) is 25.0. The van der Waals surface area contributed by atoms with Crippen LogP contribution in [0.15, 0.2) is 66.7 Å². The molecule has 0 unspecified atom stereocenters. The summed E-state index contributed by atoms with van der Waals surface area (Å²) >= 11 is 0. The standard InChI is InChI=1S/C24H19NO6.ClH/c1-2-30-17-4-5-18-22(13-17)31-23(24(18)29)11-15-7-9-25(10-8-15)14-21(28)16-3-6-19(26)20(27)12-16;/h3-13,29H,2,14H2,1H3;1H. The fourth-order valence-electron chi connectivity index (χ4n) is 3.20. The van der Waals surface area contributed by atoms with E-state index < -0.39 is 0 Å². The van der Waals surface area contributed by atoms with Gasteiger partial charge in [0.25, 0.3) is 0 Å². The largest absolute Gasteiger partial charge is 1.00 e. The van der Waals surface area contributed by atoms with Crippen LogP contribution in [-0.4, -0.2) is 28.4 Å². The van der Waals surface area contributed by atoms with Crippen molar-refractivity contribution >= 4 is 17.6 Å². The molecule has 0 radical (unpaired) electrons. The zero-order valence-corrected chi connectivity index (χ0v) is 17.9. The van der Waals surface area contributed by atoms with Gasteiger partial charge in [-0.2, -0.15) is 4.57 Å². The fourth-order valence-corrected chi connectivity index (χ4v) is 3.20. The molecular weight excluding hydrogens is 434 g/mol. The number of hydrogen-bond acceptors (Lipinski definition) is 6. The molecule has 0 aliphatic carbocycles. The van der Waals surface area contributed by atoms with E-state index in [0.717, 1.165) is 5.56 Å². The number of aromatic hydroxyl groups is 2. The molecule has 0 atom stereocenters. The lowest BCUT2D eigenvalue weighted by molar-refractivity contribution is -0.683. The minimum absolute atomic E-state index is 0. The predicted octanol–water partition coefficient (Wildman–Crippen LogP) is 0.287. The first-order valence-corrected chi connectivity index (χ1v) is 9.70. The van der Waals surface area contributed by atoms with Crippen LogP contribution in [0.5, 0.6) is 23.0 Å². The SMILES string of the molecule is CCOc1ccc2c(c1)O/C(=C\c1cc[n+](CC(=O)c3ccc(O)c(O)c3)cc1)C2=O.[Cl-]. The number of ketones is 2.